The third-order valence-electron chi connectivity index (χ3n) is 1.83. The Morgan fingerprint density at radius 2 is 2.25 bits per heavy atom. The minimum atomic E-state index is -0.262. The lowest BCUT2D eigenvalue weighted by atomic mass is 10.2. The number of aryl methyl sites for hydroxylation is 2. The first-order valence-corrected chi connectivity index (χ1v) is 4.51. The van der Waals surface area contributed by atoms with Crippen LogP contribution < -0.4 is 5.69 Å². The second kappa shape index (κ2) is 2.42. The van der Waals surface area contributed by atoms with Crippen molar-refractivity contribution in [2.24, 2.45) is 0 Å². The molecule has 2 aromatic heterocycles. The summed E-state index contributed by atoms with van der Waals surface area (Å²) < 4.78 is 0. The van der Waals surface area contributed by atoms with Crippen LogP contribution in [0, 0.1) is 13.8 Å². The average Bonchev–Trinajstić information content (AvgIpc) is 2.31. The van der Waals surface area contributed by atoms with E-state index >= 15 is 0 Å². The molecule has 1 N–H and O–H groups in total. The third kappa shape index (κ3) is 0.956. The molecule has 0 radical (unpaired) electrons. The van der Waals surface area contributed by atoms with Crippen LogP contribution in [0.2, 0.25) is 0 Å². The van der Waals surface area contributed by atoms with Gasteiger partial charge in [0.2, 0.25) is 0 Å². The maximum absolute atomic E-state index is 11.0. The number of fused-ring (bicyclic) bond motifs is 1. The van der Waals surface area contributed by atoms with Gasteiger partial charge in [-0.2, -0.15) is 4.98 Å². The first-order chi connectivity index (χ1) is 5.68. The second-order valence-electron chi connectivity index (χ2n) is 2.77. The first kappa shape index (κ1) is 7.49. The van der Waals surface area contributed by atoms with Gasteiger partial charge in [0.25, 0.3) is 0 Å². The Balaban J connectivity index is 3.02. The summed E-state index contributed by atoms with van der Waals surface area (Å²) in [7, 11) is 0. The van der Waals surface area contributed by atoms with Crippen LogP contribution >= 0.6 is 11.3 Å². The van der Waals surface area contributed by atoms with Gasteiger partial charge >= 0.3 is 5.69 Å². The highest BCUT2D eigenvalue weighted by Crippen LogP contribution is 2.23. The minimum Gasteiger partial charge on any atom is -0.309 e. The van der Waals surface area contributed by atoms with Crippen LogP contribution in [0.3, 0.4) is 0 Å². The molecule has 4 heteroatoms. The standard InChI is InChI=1S/C8H8N2OS/c1-4-3-12-7-6(4)5(2)9-8(11)10-7/h3H,1-2H3,(H,9,10,11). The fourth-order valence-corrected chi connectivity index (χ4v) is 2.29. The summed E-state index contributed by atoms with van der Waals surface area (Å²) >= 11 is 1.51. The van der Waals surface area contributed by atoms with Crippen LogP contribution in [0.15, 0.2) is 10.2 Å². The summed E-state index contributed by atoms with van der Waals surface area (Å²) in [4.78, 5) is 18.3. The van der Waals surface area contributed by atoms with Gasteiger partial charge in [-0.05, 0) is 24.8 Å². The van der Waals surface area contributed by atoms with Crippen molar-refractivity contribution in [2.45, 2.75) is 13.8 Å². The summed E-state index contributed by atoms with van der Waals surface area (Å²) in [5, 5.41) is 3.09. The molecule has 12 heavy (non-hydrogen) atoms. The van der Waals surface area contributed by atoms with Crippen molar-refractivity contribution >= 4 is 21.6 Å². The maximum atomic E-state index is 11.0. The van der Waals surface area contributed by atoms with Crippen LogP contribution in [-0.2, 0) is 0 Å². The molecule has 0 bridgehead atoms. The van der Waals surface area contributed by atoms with Gasteiger partial charge < -0.3 is 4.98 Å². The number of hydrogen-bond donors (Lipinski definition) is 1. The molecule has 0 spiro atoms. The fourth-order valence-electron chi connectivity index (χ4n) is 1.31. The number of aromatic nitrogens is 2. The Kier molecular flexibility index (Phi) is 1.51. The van der Waals surface area contributed by atoms with Crippen molar-refractivity contribution in [3.63, 3.8) is 0 Å². The molecule has 0 amide bonds. The highest BCUT2D eigenvalue weighted by atomic mass is 32.1. The van der Waals surface area contributed by atoms with Crippen LogP contribution in [0.1, 0.15) is 11.3 Å². The third-order valence-corrected chi connectivity index (χ3v) is 2.82. The van der Waals surface area contributed by atoms with Crippen molar-refractivity contribution < 1.29 is 0 Å². The first-order valence-electron chi connectivity index (χ1n) is 3.63. The molecule has 2 rings (SSSR count). The molecule has 0 saturated heterocycles. The largest absolute Gasteiger partial charge is 0.346 e. The van der Waals surface area contributed by atoms with E-state index in [9.17, 15) is 4.79 Å². The topological polar surface area (TPSA) is 45.8 Å². The molecule has 0 unspecified atom stereocenters. The molecule has 2 heterocycles. The van der Waals surface area contributed by atoms with E-state index in [1.165, 1.54) is 16.9 Å². The van der Waals surface area contributed by atoms with E-state index < -0.39 is 0 Å². The smallest absolute Gasteiger partial charge is 0.309 e. The van der Waals surface area contributed by atoms with Crippen molar-refractivity contribution in [1.29, 1.82) is 0 Å². The van der Waals surface area contributed by atoms with Crippen molar-refractivity contribution in [3.8, 4) is 0 Å². The zero-order valence-corrected chi connectivity index (χ0v) is 7.66. The summed E-state index contributed by atoms with van der Waals surface area (Å²) in [5.41, 5.74) is 1.82. The van der Waals surface area contributed by atoms with Gasteiger partial charge in [0.1, 0.15) is 4.83 Å². The number of hydrogen-bond acceptors (Lipinski definition) is 3. The number of nitrogens with zero attached hydrogens (tertiary/aromatic N) is 1. The lowest BCUT2D eigenvalue weighted by Crippen LogP contribution is -2.10. The van der Waals surface area contributed by atoms with Crippen molar-refractivity contribution in [3.05, 3.63) is 27.1 Å². The molecule has 62 valence electrons. The summed E-state index contributed by atoms with van der Waals surface area (Å²) in [6.45, 7) is 3.91. The second-order valence-corrected chi connectivity index (χ2v) is 3.62. The lowest BCUT2D eigenvalue weighted by molar-refractivity contribution is 1.07. The van der Waals surface area contributed by atoms with Crippen molar-refractivity contribution in [1.82, 2.24) is 9.97 Å². The van der Waals surface area contributed by atoms with Gasteiger partial charge in [0, 0.05) is 11.1 Å². The van der Waals surface area contributed by atoms with Gasteiger partial charge in [-0.25, -0.2) is 4.79 Å². The van der Waals surface area contributed by atoms with E-state index in [-0.39, 0.29) is 5.69 Å². The molecule has 3 nitrogen and oxygen atoms in total. The lowest BCUT2D eigenvalue weighted by Gasteiger charge is -1.94. The van der Waals surface area contributed by atoms with E-state index in [0.29, 0.717) is 0 Å². The number of nitrogens with one attached hydrogen (secondary N) is 1. The van der Waals surface area contributed by atoms with Crippen LogP contribution in [0.4, 0.5) is 0 Å². The van der Waals surface area contributed by atoms with E-state index in [1.54, 1.807) is 0 Å². The highest BCUT2D eigenvalue weighted by Gasteiger charge is 2.04. The van der Waals surface area contributed by atoms with E-state index in [4.69, 9.17) is 0 Å². The van der Waals surface area contributed by atoms with Crippen LogP contribution in [0.25, 0.3) is 10.2 Å². The Labute approximate surface area is 73.1 Å². The monoisotopic (exact) mass is 180 g/mol. The van der Waals surface area contributed by atoms with Gasteiger partial charge in [-0.3, -0.25) is 0 Å². The van der Waals surface area contributed by atoms with Gasteiger partial charge in [-0.1, -0.05) is 0 Å². The molecular weight excluding hydrogens is 172 g/mol. The highest BCUT2D eigenvalue weighted by molar-refractivity contribution is 7.16. The predicted octanol–water partition coefficient (Wildman–Crippen LogP) is 1.60. The van der Waals surface area contributed by atoms with Gasteiger partial charge in [-0.15, -0.1) is 11.3 Å². The fraction of sp³-hybridized carbons (Fsp3) is 0.250. The summed E-state index contributed by atoms with van der Waals surface area (Å²) in [6.07, 6.45) is 0. The molecule has 2 aromatic rings. The Bertz CT molecular complexity index is 483. The zero-order chi connectivity index (χ0) is 8.72. The molecule has 0 aliphatic rings. The number of rotatable bonds is 0. The Morgan fingerprint density at radius 3 is 3.00 bits per heavy atom. The van der Waals surface area contributed by atoms with Crippen LogP contribution in [0.5, 0.6) is 0 Å². The van der Waals surface area contributed by atoms with E-state index in [0.717, 1.165) is 15.9 Å². The number of H-pyrrole nitrogens is 1. The number of aromatic amines is 1. The molecule has 0 atom stereocenters. The van der Waals surface area contributed by atoms with Gasteiger partial charge in [0.15, 0.2) is 0 Å². The molecular formula is C8H8N2OS. The summed E-state index contributed by atoms with van der Waals surface area (Å²) in [6, 6.07) is 0. The SMILES string of the molecule is Cc1csc2nc(=O)[nH]c(C)c12. The average molecular weight is 180 g/mol. The van der Waals surface area contributed by atoms with E-state index in [2.05, 4.69) is 9.97 Å². The normalized spacial score (nSPS) is 10.8. The predicted molar refractivity (Wildman–Crippen MR) is 49.7 cm³/mol. The molecule has 0 aromatic carbocycles. The Hall–Kier alpha value is -1.16. The maximum Gasteiger partial charge on any atom is 0.346 e. The minimum absolute atomic E-state index is 0.262. The zero-order valence-electron chi connectivity index (χ0n) is 6.84. The van der Waals surface area contributed by atoms with Crippen LogP contribution in [-0.4, -0.2) is 9.97 Å². The molecule has 0 aliphatic carbocycles. The Morgan fingerprint density at radius 1 is 1.50 bits per heavy atom. The molecule has 0 saturated carbocycles. The quantitative estimate of drug-likeness (QED) is 0.669. The van der Waals surface area contributed by atoms with E-state index in [1.807, 2.05) is 19.2 Å². The molecule has 0 fully saturated rings. The van der Waals surface area contributed by atoms with Crippen molar-refractivity contribution in [2.75, 3.05) is 0 Å². The number of thiophene rings is 1. The summed E-state index contributed by atoms with van der Waals surface area (Å²) in [5.74, 6) is 0. The molecule has 0 aliphatic heterocycles. The van der Waals surface area contributed by atoms with Gasteiger partial charge in [0.05, 0.1) is 0 Å².